The van der Waals surface area contributed by atoms with Gasteiger partial charge in [-0.1, -0.05) is 19.8 Å². The summed E-state index contributed by atoms with van der Waals surface area (Å²) in [5.41, 5.74) is 0.794. The molecule has 27 heavy (non-hydrogen) atoms. The number of nitrogens with zero attached hydrogens (tertiary/aromatic N) is 2. The van der Waals surface area contributed by atoms with Gasteiger partial charge in [-0.2, -0.15) is 0 Å². The summed E-state index contributed by atoms with van der Waals surface area (Å²) in [4.78, 5) is 17.8. The van der Waals surface area contributed by atoms with E-state index in [1.807, 2.05) is 24.3 Å². The summed E-state index contributed by atoms with van der Waals surface area (Å²) in [5.74, 6) is 1.05. The van der Waals surface area contributed by atoms with Gasteiger partial charge in [0, 0.05) is 24.7 Å². The molecule has 2 saturated heterocycles. The van der Waals surface area contributed by atoms with Crippen molar-refractivity contribution in [3.8, 4) is 5.75 Å². The molecule has 1 unspecified atom stereocenters. The summed E-state index contributed by atoms with van der Waals surface area (Å²) < 4.78 is 5.72. The van der Waals surface area contributed by atoms with E-state index in [0.29, 0.717) is 6.04 Å². The molecule has 0 radical (unpaired) electrons. The Labute approximate surface area is 164 Å². The summed E-state index contributed by atoms with van der Waals surface area (Å²) in [5, 5.41) is 0. The number of likely N-dealkylation sites (tertiary alicyclic amines) is 2. The van der Waals surface area contributed by atoms with E-state index in [2.05, 4.69) is 16.7 Å². The fraction of sp³-hybridized carbons (Fsp3) is 0.696. The molecule has 2 fully saturated rings. The van der Waals surface area contributed by atoms with Crippen LogP contribution in [-0.4, -0.2) is 54.5 Å². The third-order valence-electron chi connectivity index (χ3n) is 5.98. The number of unbranched alkanes of at least 4 members (excludes halogenated alkanes) is 1. The van der Waals surface area contributed by atoms with Gasteiger partial charge in [0.1, 0.15) is 5.75 Å². The minimum atomic E-state index is 0.193. The van der Waals surface area contributed by atoms with Crippen molar-refractivity contribution < 1.29 is 9.53 Å². The Morgan fingerprint density at radius 2 is 1.78 bits per heavy atom. The van der Waals surface area contributed by atoms with Crippen LogP contribution in [0.15, 0.2) is 24.3 Å². The number of carbonyl (C=O) groups excluding carboxylic acids is 1. The number of rotatable bonds is 8. The van der Waals surface area contributed by atoms with E-state index in [1.165, 1.54) is 38.8 Å². The van der Waals surface area contributed by atoms with E-state index in [1.54, 1.807) is 0 Å². The van der Waals surface area contributed by atoms with Crippen molar-refractivity contribution in [1.29, 1.82) is 0 Å². The van der Waals surface area contributed by atoms with Crippen LogP contribution in [0.25, 0.3) is 0 Å². The Kier molecular flexibility index (Phi) is 8.00. The normalized spacial score (nSPS) is 21.2. The molecule has 2 heterocycles. The van der Waals surface area contributed by atoms with Crippen LogP contribution < -0.4 is 4.74 Å². The molecule has 0 bridgehead atoms. The zero-order chi connectivity index (χ0) is 18.9. The minimum Gasteiger partial charge on any atom is -0.494 e. The van der Waals surface area contributed by atoms with E-state index < -0.39 is 0 Å². The second kappa shape index (κ2) is 10.7. The molecule has 0 spiro atoms. The van der Waals surface area contributed by atoms with Gasteiger partial charge in [0.2, 0.25) is 0 Å². The lowest BCUT2D eigenvalue weighted by atomic mass is 9.97. The standard InChI is InChI=1S/C23H36N2O2/c1-2-3-19-27-22-12-10-20(11-13-22)23(26)25-17-8-5-9-21(25)14-18-24-15-6-4-7-16-24/h10-13,21H,2-9,14-19H2,1H3. The highest BCUT2D eigenvalue weighted by atomic mass is 16.5. The third-order valence-corrected chi connectivity index (χ3v) is 5.98. The predicted molar refractivity (Wildman–Crippen MR) is 110 cm³/mol. The highest BCUT2D eigenvalue weighted by Gasteiger charge is 2.28. The van der Waals surface area contributed by atoms with E-state index in [9.17, 15) is 4.79 Å². The van der Waals surface area contributed by atoms with E-state index in [4.69, 9.17) is 4.74 Å². The Balaban J connectivity index is 1.55. The van der Waals surface area contributed by atoms with Gasteiger partial charge in [-0.3, -0.25) is 4.79 Å². The van der Waals surface area contributed by atoms with Crippen LogP contribution >= 0.6 is 0 Å². The molecule has 0 N–H and O–H groups in total. The van der Waals surface area contributed by atoms with E-state index in [0.717, 1.165) is 63.1 Å². The van der Waals surface area contributed by atoms with Gasteiger partial charge in [-0.25, -0.2) is 0 Å². The Morgan fingerprint density at radius 3 is 2.52 bits per heavy atom. The molecule has 4 heteroatoms. The molecule has 1 amide bonds. The van der Waals surface area contributed by atoms with Gasteiger partial charge < -0.3 is 14.5 Å². The van der Waals surface area contributed by atoms with Gasteiger partial charge in [0.15, 0.2) is 0 Å². The zero-order valence-corrected chi connectivity index (χ0v) is 17.0. The largest absolute Gasteiger partial charge is 0.494 e. The Hall–Kier alpha value is -1.55. The summed E-state index contributed by atoms with van der Waals surface area (Å²) in [7, 11) is 0. The Bertz CT molecular complexity index is 566. The van der Waals surface area contributed by atoms with Crippen molar-refractivity contribution in [2.75, 3.05) is 32.8 Å². The van der Waals surface area contributed by atoms with Gasteiger partial charge >= 0.3 is 0 Å². The third kappa shape index (κ3) is 5.97. The second-order valence-electron chi connectivity index (χ2n) is 8.07. The first-order valence-electron chi connectivity index (χ1n) is 11.0. The van der Waals surface area contributed by atoms with Crippen LogP contribution in [0.5, 0.6) is 5.75 Å². The van der Waals surface area contributed by atoms with Crippen LogP contribution in [0, 0.1) is 0 Å². The molecular weight excluding hydrogens is 336 g/mol. The Morgan fingerprint density at radius 1 is 1.04 bits per heavy atom. The van der Waals surface area contributed by atoms with Crippen molar-refractivity contribution in [2.45, 2.75) is 70.8 Å². The average Bonchev–Trinajstić information content (AvgIpc) is 2.73. The number of carbonyl (C=O) groups is 1. The summed E-state index contributed by atoms with van der Waals surface area (Å²) in [6.45, 7) is 7.41. The average molecular weight is 373 g/mol. The first kappa shape index (κ1) is 20.2. The first-order valence-corrected chi connectivity index (χ1v) is 11.0. The number of amides is 1. The molecule has 150 valence electrons. The SMILES string of the molecule is CCCCOc1ccc(C(=O)N2CCCCC2CCN2CCCCC2)cc1. The van der Waals surface area contributed by atoms with E-state index >= 15 is 0 Å². The van der Waals surface area contributed by atoms with Crippen LogP contribution in [0.4, 0.5) is 0 Å². The van der Waals surface area contributed by atoms with E-state index in [-0.39, 0.29) is 5.91 Å². The lowest BCUT2D eigenvalue weighted by molar-refractivity contribution is 0.0579. The highest BCUT2D eigenvalue weighted by molar-refractivity contribution is 5.94. The predicted octanol–water partition coefficient (Wildman–Crippen LogP) is 4.74. The fourth-order valence-electron chi connectivity index (χ4n) is 4.28. The molecule has 2 aliphatic rings. The summed E-state index contributed by atoms with van der Waals surface area (Å²) in [6.07, 6.45) is 10.9. The smallest absolute Gasteiger partial charge is 0.254 e. The van der Waals surface area contributed by atoms with Crippen LogP contribution in [-0.2, 0) is 0 Å². The number of hydrogen-bond donors (Lipinski definition) is 0. The summed E-state index contributed by atoms with van der Waals surface area (Å²) in [6, 6.07) is 8.14. The molecule has 0 aromatic heterocycles. The quantitative estimate of drug-likeness (QED) is 0.618. The molecule has 1 aromatic carbocycles. The summed E-state index contributed by atoms with van der Waals surface area (Å²) >= 11 is 0. The number of ether oxygens (including phenoxy) is 1. The van der Waals surface area contributed by atoms with Gasteiger partial charge in [0.05, 0.1) is 6.61 Å². The second-order valence-corrected chi connectivity index (χ2v) is 8.07. The lowest BCUT2D eigenvalue weighted by Crippen LogP contribution is -2.45. The van der Waals surface area contributed by atoms with Gasteiger partial charge in [-0.05, 0) is 82.3 Å². The van der Waals surface area contributed by atoms with Crippen molar-refractivity contribution in [1.82, 2.24) is 9.80 Å². The highest BCUT2D eigenvalue weighted by Crippen LogP contribution is 2.24. The van der Waals surface area contributed by atoms with Gasteiger partial charge in [0.25, 0.3) is 5.91 Å². The molecule has 3 rings (SSSR count). The molecule has 4 nitrogen and oxygen atoms in total. The minimum absolute atomic E-state index is 0.193. The maximum Gasteiger partial charge on any atom is 0.254 e. The number of hydrogen-bond acceptors (Lipinski definition) is 3. The zero-order valence-electron chi connectivity index (χ0n) is 17.0. The molecule has 1 aromatic rings. The lowest BCUT2D eigenvalue weighted by Gasteiger charge is -2.37. The molecule has 0 aliphatic carbocycles. The maximum atomic E-state index is 13.1. The van der Waals surface area contributed by atoms with Gasteiger partial charge in [-0.15, -0.1) is 0 Å². The number of piperidine rings is 2. The maximum absolute atomic E-state index is 13.1. The molecule has 0 saturated carbocycles. The first-order chi connectivity index (χ1) is 13.3. The molecule has 1 atom stereocenters. The van der Waals surface area contributed by atoms with Crippen LogP contribution in [0.2, 0.25) is 0 Å². The van der Waals surface area contributed by atoms with Crippen LogP contribution in [0.1, 0.15) is 75.1 Å². The molecular formula is C23H36N2O2. The fourth-order valence-corrected chi connectivity index (χ4v) is 4.28. The van der Waals surface area contributed by atoms with Crippen molar-refractivity contribution in [2.24, 2.45) is 0 Å². The van der Waals surface area contributed by atoms with Crippen molar-refractivity contribution in [3.05, 3.63) is 29.8 Å². The van der Waals surface area contributed by atoms with Crippen LogP contribution in [0.3, 0.4) is 0 Å². The monoisotopic (exact) mass is 372 g/mol. The van der Waals surface area contributed by atoms with Crippen molar-refractivity contribution in [3.63, 3.8) is 0 Å². The number of benzene rings is 1. The van der Waals surface area contributed by atoms with Crippen molar-refractivity contribution >= 4 is 5.91 Å². The topological polar surface area (TPSA) is 32.8 Å². The molecule has 2 aliphatic heterocycles.